The van der Waals surface area contributed by atoms with Crippen molar-refractivity contribution < 1.29 is 33.0 Å². The van der Waals surface area contributed by atoms with E-state index in [4.69, 9.17) is 9.47 Å². The number of aliphatic hydroxyl groups excluding tert-OH is 1. The first-order valence-electron chi connectivity index (χ1n) is 10.2. The van der Waals surface area contributed by atoms with Gasteiger partial charge in [0.25, 0.3) is 0 Å². The molecular formula is C27H22F2O5. The number of esters is 2. The Bertz CT molecular complexity index is 1310. The van der Waals surface area contributed by atoms with Gasteiger partial charge in [-0.25, -0.2) is 18.4 Å². The molecule has 0 amide bonds. The van der Waals surface area contributed by atoms with E-state index in [0.29, 0.717) is 22.3 Å². The number of hydrogen-bond acceptors (Lipinski definition) is 5. The molecule has 1 N–H and O–H groups in total. The average Bonchev–Trinajstić information content (AvgIpc) is 2.80. The van der Waals surface area contributed by atoms with Crippen molar-refractivity contribution in [2.24, 2.45) is 0 Å². The van der Waals surface area contributed by atoms with E-state index in [1.54, 1.807) is 6.07 Å². The van der Waals surface area contributed by atoms with Crippen LogP contribution in [-0.2, 0) is 16.2 Å². The van der Waals surface area contributed by atoms with Crippen molar-refractivity contribution in [3.63, 3.8) is 0 Å². The van der Waals surface area contributed by atoms with E-state index >= 15 is 4.39 Å². The summed E-state index contributed by atoms with van der Waals surface area (Å²) in [6.45, 7) is 9.50. The third-order valence-electron chi connectivity index (χ3n) is 4.88. The summed E-state index contributed by atoms with van der Waals surface area (Å²) in [6, 6.07) is 12.7. The molecule has 0 unspecified atom stereocenters. The van der Waals surface area contributed by atoms with Crippen molar-refractivity contribution in [1.82, 2.24) is 0 Å². The normalized spacial score (nSPS) is 10.5. The summed E-state index contributed by atoms with van der Waals surface area (Å²) >= 11 is 0. The Morgan fingerprint density at radius 1 is 0.794 bits per heavy atom. The largest absolute Gasteiger partial charge is 0.423 e. The second-order valence-electron chi connectivity index (χ2n) is 7.66. The Morgan fingerprint density at radius 2 is 1.35 bits per heavy atom. The van der Waals surface area contributed by atoms with Crippen LogP contribution in [0.5, 0.6) is 11.5 Å². The molecular weight excluding hydrogens is 442 g/mol. The first-order chi connectivity index (χ1) is 16.1. The number of ether oxygens (including phenoxy) is 2. The quantitative estimate of drug-likeness (QED) is 0.274. The summed E-state index contributed by atoms with van der Waals surface area (Å²) in [5.74, 6) is -2.80. The lowest BCUT2D eigenvalue weighted by atomic mass is 9.96. The second-order valence-corrected chi connectivity index (χ2v) is 7.66. The van der Waals surface area contributed by atoms with Gasteiger partial charge in [0.15, 0.2) is 11.6 Å². The molecule has 3 aromatic rings. The molecule has 0 spiro atoms. The van der Waals surface area contributed by atoms with Crippen molar-refractivity contribution in [1.29, 1.82) is 0 Å². The number of halogens is 2. The molecule has 0 aliphatic carbocycles. The summed E-state index contributed by atoms with van der Waals surface area (Å²) < 4.78 is 39.5. The topological polar surface area (TPSA) is 72.8 Å². The number of rotatable bonds is 7. The van der Waals surface area contributed by atoms with Crippen LogP contribution < -0.4 is 9.47 Å². The van der Waals surface area contributed by atoms with Crippen LogP contribution in [0.4, 0.5) is 8.78 Å². The highest BCUT2D eigenvalue weighted by Crippen LogP contribution is 2.33. The molecule has 5 nitrogen and oxygen atoms in total. The maximum absolute atomic E-state index is 15.0. The molecule has 3 rings (SSSR count). The van der Waals surface area contributed by atoms with Crippen molar-refractivity contribution >= 4 is 11.9 Å². The Kier molecular flexibility index (Phi) is 7.38. The summed E-state index contributed by atoms with van der Waals surface area (Å²) in [4.78, 5) is 23.3. The van der Waals surface area contributed by atoms with Crippen LogP contribution in [0.3, 0.4) is 0 Å². The van der Waals surface area contributed by atoms with Crippen LogP contribution in [0.1, 0.15) is 19.4 Å². The minimum atomic E-state index is -0.779. The molecule has 0 fully saturated rings. The maximum atomic E-state index is 15.0. The predicted octanol–water partition coefficient (Wildman–Crippen LogP) is 5.75. The average molecular weight is 464 g/mol. The molecule has 34 heavy (non-hydrogen) atoms. The fourth-order valence-corrected chi connectivity index (χ4v) is 3.08. The molecule has 0 radical (unpaired) electrons. The zero-order chi connectivity index (χ0) is 25.0. The van der Waals surface area contributed by atoms with E-state index in [1.807, 2.05) is 0 Å². The number of carbonyl (C=O) groups excluding carboxylic acids is 2. The standard InChI is InChI=1S/C27H22F2O5/c1-15(2)26(31)33-20-7-9-21(19(11-20)14-30)22-8-5-17(12-23(22)28)18-6-10-25(24(29)13-18)34-27(32)16(3)4/h5-13,30H,1,3,14H2,2,4H3. The molecule has 0 heterocycles. The SMILES string of the molecule is C=C(C)C(=O)Oc1ccc(-c2ccc(-c3ccc(OC(=O)C(=C)C)c(F)c3)cc2F)c(CO)c1. The molecule has 0 aliphatic rings. The minimum Gasteiger partial charge on any atom is -0.423 e. The Labute approximate surface area is 195 Å². The lowest BCUT2D eigenvalue weighted by Gasteiger charge is -2.13. The van der Waals surface area contributed by atoms with Crippen LogP contribution in [0.15, 0.2) is 78.9 Å². The number of carbonyl (C=O) groups is 2. The minimum absolute atomic E-state index is 0.130. The van der Waals surface area contributed by atoms with Crippen LogP contribution >= 0.6 is 0 Å². The smallest absolute Gasteiger partial charge is 0.338 e. The molecule has 0 atom stereocenters. The molecule has 0 aromatic heterocycles. The second kappa shape index (κ2) is 10.2. The van der Waals surface area contributed by atoms with E-state index in [0.717, 1.165) is 6.07 Å². The lowest BCUT2D eigenvalue weighted by molar-refractivity contribution is -0.131. The van der Waals surface area contributed by atoms with E-state index in [1.165, 1.54) is 56.3 Å². The molecule has 7 heteroatoms. The van der Waals surface area contributed by atoms with Gasteiger partial charge >= 0.3 is 11.9 Å². The van der Waals surface area contributed by atoms with Crippen molar-refractivity contribution in [3.05, 3.63) is 96.1 Å². The highest BCUT2D eigenvalue weighted by atomic mass is 19.1. The van der Waals surface area contributed by atoms with Crippen LogP contribution in [-0.4, -0.2) is 17.0 Å². The molecule has 0 bridgehead atoms. The summed E-state index contributed by atoms with van der Waals surface area (Å²) in [5.41, 5.74) is 2.10. The molecule has 0 saturated carbocycles. The Morgan fingerprint density at radius 3 is 1.91 bits per heavy atom. The maximum Gasteiger partial charge on any atom is 0.338 e. The van der Waals surface area contributed by atoms with Gasteiger partial charge in [0.1, 0.15) is 11.6 Å². The number of aliphatic hydroxyl groups is 1. The summed E-state index contributed by atoms with van der Waals surface area (Å²) in [7, 11) is 0. The van der Waals surface area contributed by atoms with E-state index in [2.05, 4.69) is 13.2 Å². The van der Waals surface area contributed by atoms with E-state index < -0.39 is 30.2 Å². The van der Waals surface area contributed by atoms with Gasteiger partial charge < -0.3 is 14.6 Å². The molecule has 174 valence electrons. The summed E-state index contributed by atoms with van der Waals surface area (Å²) in [5, 5.41) is 9.76. The zero-order valence-electron chi connectivity index (χ0n) is 18.7. The van der Waals surface area contributed by atoms with Gasteiger partial charge in [-0.15, -0.1) is 0 Å². The first-order valence-corrected chi connectivity index (χ1v) is 10.2. The molecule has 0 saturated heterocycles. The van der Waals surface area contributed by atoms with Crippen LogP contribution in [0.2, 0.25) is 0 Å². The van der Waals surface area contributed by atoms with Crippen LogP contribution in [0, 0.1) is 11.6 Å². The third-order valence-corrected chi connectivity index (χ3v) is 4.88. The van der Waals surface area contributed by atoms with Crippen LogP contribution in [0.25, 0.3) is 22.3 Å². The summed E-state index contributed by atoms with van der Waals surface area (Å²) in [6.07, 6.45) is 0. The van der Waals surface area contributed by atoms with Gasteiger partial charge in [0.2, 0.25) is 0 Å². The van der Waals surface area contributed by atoms with E-state index in [9.17, 15) is 19.1 Å². The first kappa shape index (κ1) is 24.5. The highest BCUT2D eigenvalue weighted by molar-refractivity contribution is 5.89. The van der Waals surface area contributed by atoms with Gasteiger partial charge in [-0.05, 0) is 66.4 Å². The fraction of sp³-hybridized carbons (Fsp3) is 0.111. The van der Waals surface area contributed by atoms with Gasteiger partial charge in [-0.2, -0.15) is 0 Å². The monoisotopic (exact) mass is 464 g/mol. The van der Waals surface area contributed by atoms with Crippen molar-refractivity contribution in [2.75, 3.05) is 0 Å². The molecule has 3 aromatic carbocycles. The number of benzene rings is 3. The van der Waals surface area contributed by atoms with Crippen molar-refractivity contribution in [2.45, 2.75) is 20.5 Å². The van der Waals surface area contributed by atoms with E-state index in [-0.39, 0.29) is 28.2 Å². The van der Waals surface area contributed by atoms with Gasteiger partial charge in [0.05, 0.1) is 6.61 Å². The Balaban J connectivity index is 1.90. The Hall–Kier alpha value is -4.10. The van der Waals surface area contributed by atoms with Gasteiger partial charge in [-0.1, -0.05) is 37.4 Å². The van der Waals surface area contributed by atoms with Gasteiger partial charge in [-0.3, -0.25) is 0 Å². The number of hydrogen-bond donors (Lipinski definition) is 1. The third kappa shape index (κ3) is 5.44. The van der Waals surface area contributed by atoms with Crippen molar-refractivity contribution in [3.8, 4) is 33.8 Å². The van der Waals surface area contributed by atoms with Gasteiger partial charge in [0, 0.05) is 16.7 Å². The highest BCUT2D eigenvalue weighted by Gasteiger charge is 2.15. The lowest BCUT2D eigenvalue weighted by Crippen LogP contribution is -2.09. The zero-order valence-corrected chi connectivity index (χ0v) is 18.7. The molecule has 0 aliphatic heterocycles. The fourth-order valence-electron chi connectivity index (χ4n) is 3.08. The predicted molar refractivity (Wildman–Crippen MR) is 124 cm³/mol.